The number of carbonyl (C=O) groups is 2. The molecule has 0 saturated heterocycles. The zero-order valence-electron chi connectivity index (χ0n) is 11.5. The highest BCUT2D eigenvalue weighted by atomic mass is 16.4. The van der Waals surface area contributed by atoms with Crippen molar-refractivity contribution in [3.8, 4) is 0 Å². The molecule has 0 aliphatic heterocycles. The highest BCUT2D eigenvalue weighted by Gasteiger charge is 2.11. The first-order valence-electron chi connectivity index (χ1n) is 6.37. The Kier molecular flexibility index (Phi) is 4.23. The summed E-state index contributed by atoms with van der Waals surface area (Å²) in [5.41, 5.74) is 2.54. The number of anilines is 1. The third-order valence-electron chi connectivity index (χ3n) is 3.04. The van der Waals surface area contributed by atoms with Crippen LogP contribution in [-0.2, 0) is 6.54 Å². The van der Waals surface area contributed by atoms with Crippen molar-refractivity contribution in [3.63, 3.8) is 0 Å². The molecule has 2 aromatic rings. The van der Waals surface area contributed by atoms with E-state index in [1.165, 1.54) is 12.1 Å². The maximum atomic E-state index is 11.0. The predicted octanol–water partition coefficient (Wildman–Crippen LogP) is 3.00. The number of hydrogen-bond donors (Lipinski definition) is 3. The van der Waals surface area contributed by atoms with E-state index in [1.807, 2.05) is 31.2 Å². The summed E-state index contributed by atoms with van der Waals surface area (Å²) in [7, 11) is 0. The van der Waals surface area contributed by atoms with Gasteiger partial charge in [0.25, 0.3) is 0 Å². The smallest absolute Gasteiger partial charge is 0.335 e. The zero-order chi connectivity index (χ0) is 15.4. The molecule has 0 heterocycles. The minimum Gasteiger partial charge on any atom is -0.478 e. The molecule has 5 nitrogen and oxygen atoms in total. The molecule has 0 aliphatic carbocycles. The lowest BCUT2D eigenvalue weighted by atomic mass is 10.1. The molecule has 0 unspecified atom stereocenters. The van der Waals surface area contributed by atoms with E-state index < -0.39 is 11.9 Å². The summed E-state index contributed by atoms with van der Waals surface area (Å²) < 4.78 is 0. The lowest BCUT2D eigenvalue weighted by molar-refractivity contribution is 0.0696. The molecule has 2 rings (SSSR count). The number of carboxylic acids is 2. The van der Waals surface area contributed by atoms with Crippen molar-refractivity contribution in [2.24, 2.45) is 0 Å². The largest absolute Gasteiger partial charge is 0.478 e. The fraction of sp³-hybridized carbons (Fsp3) is 0.125. The molecule has 21 heavy (non-hydrogen) atoms. The van der Waals surface area contributed by atoms with Gasteiger partial charge in [-0.05, 0) is 30.7 Å². The van der Waals surface area contributed by atoms with Crippen molar-refractivity contribution >= 4 is 17.6 Å². The van der Waals surface area contributed by atoms with Crippen LogP contribution in [0.4, 0.5) is 5.69 Å². The third-order valence-corrected chi connectivity index (χ3v) is 3.04. The summed E-state index contributed by atoms with van der Waals surface area (Å²) in [6, 6.07) is 11.9. The monoisotopic (exact) mass is 285 g/mol. The molecule has 0 saturated carbocycles. The van der Waals surface area contributed by atoms with E-state index >= 15 is 0 Å². The van der Waals surface area contributed by atoms with E-state index in [1.54, 1.807) is 0 Å². The predicted molar refractivity (Wildman–Crippen MR) is 78.9 cm³/mol. The summed E-state index contributed by atoms with van der Waals surface area (Å²) in [5, 5.41) is 21.1. The van der Waals surface area contributed by atoms with Crippen LogP contribution < -0.4 is 5.32 Å². The molecule has 2 aromatic carbocycles. The van der Waals surface area contributed by atoms with Gasteiger partial charge in [-0.1, -0.05) is 29.8 Å². The van der Waals surface area contributed by atoms with Gasteiger partial charge < -0.3 is 15.5 Å². The van der Waals surface area contributed by atoms with Gasteiger partial charge in [0.1, 0.15) is 0 Å². The van der Waals surface area contributed by atoms with Crippen LogP contribution in [0.3, 0.4) is 0 Å². The first kappa shape index (κ1) is 14.6. The maximum absolute atomic E-state index is 11.0. The number of nitrogens with one attached hydrogen (secondary N) is 1. The summed E-state index contributed by atoms with van der Waals surface area (Å²) in [6.07, 6.45) is 0. The molecule has 0 aliphatic rings. The van der Waals surface area contributed by atoms with Gasteiger partial charge in [0.15, 0.2) is 0 Å². The van der Waals surface area contributed by atoms with Crippen molar-refractivity contribution in [1.29, 1.82) is 0 Å². The number of rotatable bonds is 5. The van der Waals surface area contributed by atoms with Crippen LogP contribution in [0.15, 0.2) is 42.5 Å². The van der Waals surface area contributed by atoms with Crippen LogP contribution in [0, 0.1) is 6.92 Å². The fourth-order valence-corrected chi connectivity index (χ4v) is 1.89. The second-order valence-electron chi connectivity index (χ2n) is 4.75. The van der Waals surface area contributed by atoms with E-state index in [0.717, 1.165) is 17.2 Å². The van der Waals surface area contributed by atoms with Crippen LogP contribution in [0.5, 0.6) is 0 Å². The number of aryl methyl sites for hydroxylation is 1. The molecule has 3 N–H and O–H groups in total. The van der Waals surface area contributed by atoms with Gasteiger partial charge in [-0.2, -0.15) is 0 Å². The average molecular weight is 285 g/mol. The molecule has 0 bridgehead atoms. The first-order chi connectivity index (χ1) is 9.95. The van der Waals surface area contributed by atoms with Gasteiger partial charge in [-0.3, -0.25) is 0 Å². The molecule has 0 radical (unpaired) electrons. The molecule has 0 amide bonds. The van der Waals surface area contributed by atoms with Crippen LogP contribution in [0.25, 0.3) is 0 Å². The Labute approximate surface area is 121 Å². The van der Waals surface area contributed by atoms with Gasteiger partial charge in [-0.25, -0.2) is 9.59 Å². The number of hydrogen-bond acceptors (Lipinski definition) is 3. The van der Waals surface area contributed by atoms with E-state index in [2.05, 4.69) is 5.32 Å². The van der Waals surface area contributed by atoms with Crippen molar-refractivity contribution < 1.29 is 19.8 Å². The van der Waals surface area contributed by atoms with Gasteiger partial charge in [0, 0.05) is 12.2 Å². The highest BCUT2D eigenvalue weighted by Crippen LogP contribution is 2.17. The Morgan fingerprint density at radius 3 is 1.95 bits per heavy atom. The summed E-state index contributed by atoms with van der Waals surface area (Å²) >= 11 is 0. The first-order valence-corrected chi connectivity index (χ1v) is 6.37. The third kappa shape index (κ3) is 3.82. The molecule has 0 fully saturated rings. The number of aromatic carboxylic acids is 2. The number of benzene rings is 2. The zero-order valence-corrected chi connectivity index (χ0v) is 11.5. The fourth-order valence-electron chi connectivity index (χ4n) is 1.89. The van der Waals surface area contributed by atoms with E-state index in [9.17, 15) is 9.59 Å². The maximum Gasteiger partial charge on any atom is 0.335 e. The van der Waals surface area contributed by atoms with E-state index in [4.69, 9.17) is 10.2 Å². The van der Waals surface area contributed by atoms with E-state index in [0.29, 0.717) is 12.2 Å². The molecule has 0 aromatic heterocycles. The lowest BCUT2D eigenvalue weighted by Gasteiger charge is -2.09. The Balaban J connectivity index is 2.20. The number of carboxylic acid groups (broad SMARTS) is 2. The normalized spacial score (nSPS) is 10.1. The van der Waals surface area contributed by atoms with Crippen LogP contribution in [0.2, 0.25) is 0 Å². The molecular formula is C16H15NO4. The second kappa shape index (κ2) is 6.09. The molecule has 0 atom stereocenters. The second-order valence-corrected chi connectivity index (χ2v) is 4.75. The van der Waals surface area contributed by atoms with Gasteiger partial charge >= 0.3 is 11.9 Å². The quantitative estimate of drug-likeness (QED) is 0.786. The van der Waals surface area contributed by atoms with Crippen LogP contribution in [0.1, 0.15) is 31.8 Å². The van der Waals surface area contributed by atoms with Crippen LogP contribution in [-0.4, -0.2) is 22.2 Å². The van der Waals surface area contributed by atoms with Gasteiger partial charge in [0.2, 0.25) is 0 Å². The average Bonchev–Trinajstić information content (AvgIpc) is 2.46. The van der Waals surface area contributed by atoms with E-state index in [-0.39, 0.29) is 11.1 Å². The Morgan fingerprint density at radius 2 is 1.48 bits per heavy atom. The van der Waals surface area contributed by atoms with Crippen molar-refractivity contribution in [2.75, 3.05) is 5.32 Å². The Morgan fingerprint density at radius 1 is 0.952 bits per heavy atom. The highest BCUT2D eigenvalue weighted by molar-refractivity contribution is 5.95. The molecule has 5 heteroatoms. The van der Waals surface area contributed by atoms with Crippen LogP contribution >= 0.6 is 0 Å². The summed E-state index contributed by atoms with van der Waals surface area (Å²) in [4.78, 5) is 22.0. The minimum atomic E-state index is -1.16. The summed E-state index contributed by atoms with van der Waals surface area (Å²) in [6.45, 7) is 2.48. The molecular weight excluding hydrogens is 270 g/mol. The van der Waals surface area contributed by atoms with Crippen molar-refractivity contribution in [1.82, 2.24) is 0 Å². The standard InChI is InChI=1S/C16H15NO4/c1-10-2-4-11(5-3-10)9-17-14-7-12(15(18)19)6-13(8-14)16(20)21/h2-8,17H,9H2,1H3,(H,18,19)(H,20,21). The minimum absolute atomic E-state index is 0.0543. The van der Waals surface area contributed by atoms with Gasteiger partial charge in [0.05, 0.1) is 11.1 Å². The Bertz CT molecular complexity index is 645. The Hall–Kier alpha value is -2.82. The topological polar surface area (TPSA) is 86.6 Å². The van der Waals surface area contributed by atoms with Crippen molar-refractivity contribution in [2.45, 2.75) is 13.5 Å². The molecule has 0 spiro atoms. The summed E-state index contributed by atoms with van der Waals surface area (Å²) in [5.74, 6) is -2.31. The van der Waals surface area contributed by atoms with Gasteiger partial charge in [-0.15, -0.1) is 0 Å². The lowest BCUT2D eigenvalue weighted by Crippen LogP contribution is -2.06. The molecule has 108 valence electrons. The van der Waals surface area contributed by atoms with Crippen molar-refractivity contribution in [3.05, 3.63) is 64.7 Å². The SMILES string of the molecule is Cc1ccc(CNc2cc(C(=O)O)cc(C(=O)O)c2)cc1.